The number of piperidine rings is 1. The molecule has 0 radical (unpaired) electrons. The summed E-state index contributed by atoms with van der Waals surface area (Å²) in [5.74, 6) is -2.38. The molecule has 1 spiro atoms. The molecule has 2 amide bonds. The van der Waals surface area contributed by atoms with E-state index in [1.807, 2.05) is 0 Å². The number of amides is 2. The molecule has 1 N–H and O–H groups in total. The summed E-state index contributed by atoms with van der Waals surface area (Å²) in [6, 6.07) is 2.26. The highest BCUT2D eigenvalue weighted by atomic mass is 19.1. The Hall–Kier alpha value is -2.46. The van der Waals surface area contributed by atoms with Crippen molar-refractivity contribution >= 4 is 23.4 Å². The Kier molecular flexibility index (Phi) is 5.30. The molecule has 0 bridgehead atoms. The SMILES string of the molecule is CC(=O)NCC1CN(c2cc(F)c(N3CCC4(CC3)OCCO4)c(F)c2)C(=O)O1. The Morgan fingerprint density at radius 1 is 1.21 bits per heavy atom. The molecule has 1 aromatic carbocycles. The molecular formula is C19H23F2N3O5. The van der Waals surface area contributed by atoms with Crippen LogP contribution >= 0.6 is 0 Å². The summed E-state index contributed by atoms with van der Waals surface area (Å²) >= 11 is 0. The van der Waals surface area contributed by atoms with E-state index in [2.05, 4.69) is 5.32 Å². The number of rotatable bonds is 4. The first-order chi connectivity index (χ1) is 13.9. The van der Waals surface area contributed by atoms with E-state index >= 15 is 0 Å². The smallest absolute Gasteiger partial charge is 0.414 e. The molecule has 1 unspecified atom stereocenters. The predicted octanol–water partition coefficient (Wildman–Crippen LogP) is 1.77. The molecule has 1 aromatic rings. The standard InChI is InChI=1S/C19H23F2N3O5/c1-12(25)22-10-14-11-24(18(26)29-14)13-8-15(20)17(16(21)9-13)23-4-2-19(3-5-23)27-6-7-28-19/h8-9,14H,2-7,10-11H2,1H3,(H,22,25). The van der Waals surface area contributed by atoms with Gasteiger partial charge in [-0.25, -0.2) is 13.6 Å². The van der Waals surface area contributed by atoms with E-state index in [0.29, 0.717) is 39.1 Å². The largest absolute Gasteiger partial charge is 0.442 e. The monoisotopic (exact) mass is 411 g/mol. The molecular weight excluding hydrogens is 388 g/mol. The van der Waals surface area contributed by atoms with Crippen LogP contribution < -0.4 is 15.1 Å². The van der Waals surface area contributed by atoms with E-state index in [0.717, 1.165) is 17.0 Å². The highest BCUT2D eigenvalue weighted by Crippen LogP contribution is 2.36. The van der Waals surface area contributed by atoms with Gasteiger partial charge >= 0.3 is 6.09 Å². The molecule has 0 saturated carbocycles. The lowest BCUT2D eigenvalue weighted by molar-refractivity contribution is -0.169. The highest BCUT2D eigenvalue weighted by Gasteiger charge is 2.41. The number of carbonyl (C=O) groups is 2. The lowest BCUT2D eigenvalue weighted by atomic mass is 10.0. The third kappa shape index (κ3) is 3.99. The van der Waals surface area contributed by atoms with Crippen LogP contribution in [0.1, 0.15) is 19.8 Å². The maximum Gasteiger partial charge on any atom is 0.414 e. The number of cyclic esters (lactones) is 1. The van der Waals surface area contributed by atoms with E-state index < -0.39 is 29.6 Å². The first-order valence-corrected chi connectivity index (χ1v) is 9.61. The summed E-state index contributed by atoms with van der Waals surface area (Å²) in [5, 5.41) is 2.56. The van der Waals surface area contributed by atoms with Crippen molar-refractivity contribution in [2.75, 3.05) is 49.2 Å². The predicted molar refractivity (Wildman–Crippen MR) is 98.7 cm³/mol. The number of hydrogen-bond acceptors (Lipinski definition) is 6. The van der Waals surface area contributed by atoms with Crippen LogP contribution in [0.5, 0.6) is 0 Å². The van der Waals surface area contributed by atoms with E-state index in [9.17, 15) is 18.4 Å². The maximum absolute atomic E-state index is 14.8. The number of benzene rings is 1. The summed E-state index contributed by atoms with van der Waals surface area (Å²) in [4.78, 5) is 25.9. The molecule has 8 nitrogen and oxygen atoms in total. The third-order valence-electron chi connectivity index (χ3n) is 5.42. The first kappa shape index (κ1) is 19.8. The average Bonchev–Trinajstić information content (AvgIpc) is 3.28. The summed E-state index contributed by atoms with van der Waals surface area (Å²) in [5.41, 5.74) is -0.0426. The number of carbonyl (C=O) groups excluding carboxylic acids is 2. The Morgan fingerprint density at radius 3 is 2.41 bits per heavy atom. The second-order valence-electron chi connectivity index (χ2n) is 7.41. The van der Waals surface area contributed by atoms with Crippen LogP contribution in [0.2, 0.25) is 0 Å². The Bertz CT molecular complexity index is 782. The normalized spacial score (nSPS) is 23.6. The summed E-state index contributed by atoms with van der Waals surface area (Å²) in [7, 11) is 0. The van der Waals surface area contributed by atoms with E-state index in [1.165, 1.54) is 6.92 Å². The number of nitrogens with zero attached hydrogens (tertiary/aromatic N) is 2. The zero-order valence-electron chi connectivity index (χ0n) is 16.1. The Balaban J connectivity index is 1.46. The molecule has 3 aliphatic heterocycles. The van der Waals surface area contributed by atoms with Crippen LogP contribution in [0.25, 0.3) is 0 Å². The van der Waals surface area contributed by atoms with Crippen LogP contribution in [0.4, 0.5) is 25.0 Å². The topological polar surface area (TPSA) is 80.3 Å². The number of ether oxygens (including phenoxy) is 3. The van der Waals surface area contributed by atoms with Crippen LogP contribution in [-0.4, -0.2) is 63.3 Å². The minimum atomic E-state index is -0.748. The second kappa shape index (κ2) is 7.75. The van der Waals surface area contributed by atoms with Crippen LogP contribution in [-0.2, 0) is 19.0 Å². The molecule has 0 aromatic heterocycles. The summed E-state index contributed by atoms with van der Waals surface area (Å²) < 4.78 is 46.1. The first-order valence-electron chi connectivity index (χ1n) is 9.61. The second-order valence-corrected chi connectivity index (χ2v) is 7.41. The van der Waals surface area contributed by atoms with Gasteiger partial charge in [0.25, 0.3) is 0 Å². The van der Waals surface area contributed by atoms with E-state index in [4.69, 9.17) is 14.2 Å². The molecule has 158 valence electrons. The molecule has 4 rings (SSSR count). The molecule has 3 saturated heterocycles. The van der Waals surface area contributed by atoms with Crippen LogP contribution in [0.3, 0.4) is 0 Å². The van der Waals surface area contributed by atoms with Crippen molar-refractivity contribution in [2.24, 2.45) is 0 Å². The van der Waals surface area contributed by atoms with Gasteiger partial charge in [-0.1, -0.05) is 0 Å². The Morgan fingerprint density at radius 2 is 1.83 bits per heavy atom. The van der Waals surface area contributed by atoms with Crippen molar-refractivity contribution in [3.63, 3.8) is 0 Å². The number of anilines is 2. The lowest BCUT2D eigenvalue weighted by Gasteiger charge is -2.38. The van der Waals surface area contributed by atoms with E-state index in [1.54, 1.807) is 4.90 Å². The fourth-order valence-corrected chi connectivity index (χ4v) is 3.96. The molecule has 3 fully saturated rings. The van der Waals surface area contributed by atoms with Gasteiger partial charge in [0.05, 0.1) is 32.0 Å². The zero-order chi connectivity index (χ0) is 20.6. The zero-order valence-corrected chi connectivity index (χ0v) is 16.1. The molecule has 1 atom stereocenters. The Labute approximate surface area is 166 Å². The van der Waals surface area contributed by atoms with Crippen molar-refractivity contribution in [2.45, 2.75) is 31.7 Å². The number of hydrogen-bond donors (Lipinski definition) is 1. The number of nitrogens with one attached hydrogen (secondary N) is 1. The van der Waals surface area contributed by atoms with Crippen molar-refractivity contribution in [3.05, 3.63) is 23.8 Å². The van der Waals surface area contributed by atoms with Crippen molar-refractivity contribution in [1.29, 1.82) is 0 Å². The maximum atomic E-state index is 14.8. The molecule has 3 heterocycles. The molecule has 29 heavy (non-hydrogen) atoms. The van der Waals surface area contributed by atoms with Gasteiger partial charge in [-0.05, 0) is 0 Å². The van der Waals surface area contributed by atoms with Crippen LogP contribution in [0, 0.1) is 11.6 Å². The van der Waals surface area contributed by atoms with Crippen LogP contribution in [0.15, 0.2) is 12.1 Å². The fraction of sp³-hybridized carbons (Fsp3) is 0.579. The number of halogens is 2. The molecule has 10 heteroatoms. The third-order valence-corrected chi connectivity index (χ3v) is 5.42. The fourth-order valence-electron chi connectivity index (χ4n) is 3.96. The summed E-state index contributed by atoms with van der Waals surface area (Å²) in [6.45, 7) is 3.46. The van der Waals surface area contributed by atoms with Gasteiger partial charge in [0, 0.05) is 45.0 Å². The van der Waals surface area contributed by atoms with Crippen molar-refractivity contribution in [1.82, 2.24) is 5.32 Å². The molecule has 0 aliphatic carbocycles. The van der Waals surface area contributed by atoms with Gasteiger partial charge in [-0.3, -0.25) is 9.69 Å². The van der Waals surface area contributed by atoms with Gasteiger partial charge < -0.3 is 24.4 Å². The minimum absolute atomic E-state index is 0.0787. The van der Waals surface area contributed by atoms with Crippen molar-refractivity contribution < 1.29 is 32.6 Å². The van der Waals surface area contributed by atoms with Gasteiger partial charge in [-0.2, -0.15) is 0 Å². The minimum Gasteiger partial charge on any atom is -0.442 e. The average molecular weight is 411 g/mol. The highest BCUT2D eigenvalue weighted by molar-refractivity contribution is 5.90. The van der Waals surface area contributed by atoms with Gasteiger partial charge in [-0.15, -0.1) is 0 Å². The summed E-state index contributed by atoms with van der Waals surface area (Å²) in [6.07, 6.45) is -0.238. The van der Waals surface area contributed by atoms with Gasteiger partial charge in [0.15, 0.2) is 17.4 Å². The van der Waals surface area contributed by atoms with Crippen molar-refractivity contribution in [3.8, 4) is 0 Å². The van der Waals surface area contributed by atoms with E-state index in [-0.39, 0.29) is 30.4 Å². The van der Waals surface area contributed by atoms with Gasteiger partial charge in [0.2, 0.25) is 5.91 Å². The quantitative estimate of drug-likeness (QED) is 0.814. The molecule has 3 aliphatic rings. The lowest BCUT2D eigenvalue weighted by Crippen LogP contribution is -2.45. The van der Waals surface area contributed by atoms with Gasteiger partial charge in [0.1, 0.15) is 11.8 Å².